The summed E-state index contributed by atoms with van der Waals surface area (Å²) in [5, 5.41) is 9.28. The number of para-hydroxylation sites is 2. The van der Waals surface area contributed by atoms with Gasteiger partial charge in [0, 0.05) is 12.8 Å². The largest absolute Gasteiger partial charge is 0.467 e. The first-order chi connectivity index (χ1) is 25.0. The van der Waals surface area contributed by atoms with Gasteiger partial charge in [0.15, 0.2) is 0 Å². The number of ketones is 2. The number of carbonyl (C=O) groups excluding carboxylic acids is 8. The number of esters is 2. The lowest BCUT2D eigenvalue weighted by Gasteiger charge is -2.17. The predicted molar refractivity (Wildman–Crippen MR) is 187 cm³/mol. The van der Waals surface area contributed by atoms with E-state index in [1.165, 1.54) is 48.5 Å². The van der Waals surface area contributed by atoms with Crippen molar-refractivity contribution in [1.82, 2.24) is 10.6 Å². The molecule has 2 atom stereocenters. The number of methoxy groups -OCH3 is 2. The summed E-state index contributed by atoms with van der Waals surface area (Å²) in [6, 6.07) is 25.9. The van der Waals surface area contributed by atoms with E-state index in [9.17, 15) is 38.4 Å². The molecule has 0 bridgehead atoms. The van der Waals surface area contributed by atoms with Gasteiger partial charge in [-0.2, -0.15) is 0 Å². The van der Waals surface area contributed by atoms with Gasteiger partial charge in [-0.05, 0) is 35.4 Å². The second kappa shape index (κ2) is 18.2. The molecule has 0 aliphatic heterocycles. The van der Waals surface area contributed by atoms with E-state index in [0.717, 1.165) is 14.2 Å². The van der Waals surface area contributed by atoms with Crippen molar-refractivity contribution in [2.75, 3.05) is 24.9 Å². The lowest BCUT2D eigenvalue weighted by Crippen LogP contribution is -2.46. The molecule has 0 aliphatic rings. The first-order valence-corrected chi connectivity index (χ1v) is 15.8. The molecule has 0 heterocycles. The van der Waals surface area contributed by atoms with Gasteiger partial charge in [0.1, 0.15) is 12.1 Å². The Kier molecular flexibility index (Phi) is 13.2. The van der Waals surface area contributed by atoms with Gasteiger partial charge in [0.05, 0.1) is 36.7 Å². The fourth-order valence-corrected chi connectivity index (χ4v) is 5.00. The highest BCUT2D eigenvalue weighted by molar-refractivity contribution is 6.48. The maximum Gasteiger partial charge on any atom is 0.328 e. The number of carbonyl (C=O) groups is 8. The topological polar surface area (TPSA) is 203 Å². The molecule has 0 spiro atoms. The number of Topliss-reactive ketones (excluding diaryl/α,β-unsaturated/α-hetero) is 2. The molecule has 4 N–H and O–H groups in total. The molecule has 4 aromatic carbocycles. The molecular formula is C38H34N4O10. The summed E-state index contributed by atoms with van der Waals surface area (Å²) in [5.41, 5.74) is 0.427. The Morgan fingerprint density at radius 2 is 0.788 bits per heavy atom. The van der Waals surface area contributed by atoms with Crippen LogP contribution in [0.2, 0.25) is 0 Å². The molecule has 4 rings (SSSR count). The minimum absolute atomic E-state index is 0.0380. The molecular weight excluding hydrogens is 672 g/mol. The van der Waals surface area contributed by atoms with Crippen molar-refractivity contribution in [3.05, 3.63) is 131 Å². The van der Waals surface area contributed by atoms with Crippen molar-refractivity contribution in [2.45, 2.75) is 24.9 Å². The van der Waals surface area contributed by atoms with Gasteiger partial charge in [-0.15, -0.1) is 0 Å². The summed E-state index contributed by atoms with van der Waals surface area (Å²) in [6.45, 7) is 0. The van der Waals surface area contributed by atoms with E-state index < -0.39 is 59.2 Å². The van der Waals surface area contributed by atoms with Gasteiger partial charge in [-0.25, -0.2) is 9.59 Å². The third-order valence-electron chi connectivity index (χ3n) is 7.61. The van der Waals surface area contributed by atoms with Gasteiger partial charge in [-0.1, -0.05) is 84.9 Å². The highest BCUT2D eigenvalue weighted by atomic mass is 16.5. The number of nitrogens with one attached hydrogen (secondary N) is 4. The Hall–Kier alpha value is -6.96. The van der Waals surface area contributed by atoms with E-state index in [1.54, 1.807) is 60.7 Å². The van der Waals surface area contributed by atoms with Gasteiger partial charge >= 0.3 is 23.8 Å². The Morgan fingerprint density at radius 3 is 1.13 bits per heavy atom. The maximum absolute atomic E-state index is 13.2. The van der Waals surface area contributed by atoms with E-state index >= 15 is 0 Å². The van der Waals surface area contributed by atoms with Crippen LogP contribution in [-0.2, 0) is 51.1 Å². The van der Waals surface area contributed by atoms with Crippen molar-refractivity contribution in [1.29, 1.82) is 0 Å². The normalized spacial score (nSPS) is 11.5. The van der Waals surface area contributed by atoms with Gasteiger partial charge in [-0.3, -0.25) is 28.8 Å². The summed E-state index contributed by atoms with van der Waals surface area (Å²) in [5.74, 6) is -8.68. The van der Waals surface area contributed by atoms with Crippen LogP contribution < -0.4 is 21.3 Å². The molecule has 4 amide bonds. The number of benzene rings is 4. The molecule has 4 aromatic rings. The highest BCUT2D eigenvalue weighted by Gasteiger charge is 2.30. The molecule has 14 nitrogen and oxygen atoms in total. The monoisotopic (exact) mass is 706 g/mol. The van der Waals surface area contributed by atoms with Crippen LogP contribution in [0.4, 0.5) is 11.4 Å². The molecule has 0 saturated heterocycles. The fourth-order valence-electron chi connectivity index (χ4n) is 5.00. The third-order valence-corrected chi connectivity index (χ3v) is 7.61. The van der Waals surface area contributed by atoms with Gasteiger partial charge < -0.3 is 30.7 Å². The van der Waals surface area contributed by atoms with E-state index in [1.807, 2.05) is 0 Å². The van der Waals surface area contributed by atoms with Crippen molar-refractivity contribution in [3.63, 3.8) is 0 Å². The molecule has 266 valence electrons. The molecule has 0 radical (unpaired) electrons. The lowest BCUT2D eigenvalue weighted by molar-refractivity contribution is -0.145. The summed E-state index contributed by atoms with van der Waals surface area (Å²) < 4.78 is 9.57. The minimum atomic E-state index is -1.28. The molecule has 0 aromatic heterocycles. The number of hydrogen-bond donors (Lipinski definition) is 4. The van der Waals surface area contributed by atoms with Crippen molar-refractivity contribution >= 4 is 58.5 Å². The van der Waals surface area contributed by atoms with Crippen LogP contribution in [0.15, 0.2) is 109 Å². The Balaban J connectivity index is 1.44. The smallest absolute Gasteiger partial charge is 0.328 e. The third kappa shape index (κ3) is 10.0. The fraction of sp³-hybridized carbons (Fsp3) is 0.158. The summed E-state index contributed by atoms with van der Waals surface area (Å²) in [4.78, 5) is 103. The average molecular weight is 707 g/mol. The average Bonchev–Trinajstić information content (AvgIpc) is 3.17. The van der Waals surface area contributed by atoms with E-state index in [4.69, 9.17) is 9.47 Å². The number of amides is 4. The van der Waals surface area contributed by atoms with Crippen LogP contribution in [0.3, 0.4) is 0 Å². The quantitative estimate of drug-likeness (QED) is 0.0857. The van der Waals surface area contributed by atoms with E-state index in [-0.39, 0.29) is 35.3 Å². The van der Waals surface area contributed by atoms with Gasteiger partial charge in [0.25, 0.3) is 23.4 Å². The number of anilines is 2. The number of ether oxygens (including phenoxy) is 2. The summed E-state index contributed by atoms with van der Waals surface area (Å²) >= 11 is 0. The van der Waals surface area contributed by atoms with Crippen LogP contribution >= 0.6 is 0 Å². The lowest BCUT2D eigenvalue weighted by atomic mass is 10.0. The van der Waals surface area contributed by atoms with Crippen molar-refractivity contribution < 1.29 is 47.8 Å². The van der Waals surface area contributed by atoms with Crippen LogP contribution in [0.5, 0.6) is 0 Å². The number of hydrogen-bond acceptors (Lipinski definition) is 10. The van der Waals surface area contributed by atoms with Crippen LogP contribution in [-0.4, -0.2) is 73.4 Å². The predicted octanol–water partition coefficient (Wildman–Crippen LogP) is 2.43. The Bertz CT molecular complexity index is 1840. The standard InChI is InChI=1S/C38H34N4O10/c1-51-37(49)29(21-23-13-5-3-6-14-23)41-33(45)31(43)25-17-9-11-19-27(25)39-35(47)36(48)40-28-20-12-10-18-26(28)32(44)34(46)42-30(38(50)52-2)22-24-15-7-4-8-16-24/h3-20,29-30H,21-22H2,1-2H3,(H,39,47)(H,40,48)(H,41,45)(H,42,46)/t29-,30-/m0/s1. The summed E-state index contributed by atoms with van der Waals surface area (Å²) in [6.07, 6.45) is 0.0759. The molecule has 52 heavy (non-hydrogen) atoms. The summed E-state index contributed by atoms with van der Waals surface area (Å²) in [7, 11) is 2.28. The first-order valence-electron chi connectivity index (χ1n) is 15.8. The molecule has 0 aliphatic carbocycles. The van der Waals surface area contributed by atoms with Crippen LogP contribution in [0.25, 0.3) is 0 Å². The minimum Gasteiger partial charge on any atom is -0.467 e. The zero-order valence-electron chi connectivity index (χ0n) is 28.0. The second-order valence-corrected chi connectivity index (χ2v) is 11.1. The molecule has 0 unspecified atom stereocenters. The first kappa shape index (κ1) is 37.9. The second-order valence-electron chi connectivity index (χ2n) is 11.1. The van der Waals surface area contributed by atoms with Crippen molar-refractivity contribution in [3.8, 4) is 0 Å². The molecule has 14 heteroatoms. The van der Waals surface area contributed by atoms with Crippen LogP contribution in [0.1, 0.15) is 31.8 Å². The SMILES string of the molecule is COC(=O)[C@H](Cc1ccccc1)NC(=O)C(=O)c1ccccc1NC(=O)C(=O)Nc1ccccc1C(=O)C(=O)N[C@@H](Cc1ccccc1)C(=O)OC. The maximum atomic E-state index is 13.2. The molecule has 0 fully saturated rings. The van der Waals surface area contributed by atoms with Crippen molar-refractivity contribution in [2.24, 2.45) is 0 Å². The number of rotatable bonds is 14. The zero-order valence-corrected chi connectivity index (χ0v) is 28.0. The van der Waals surface area contributed by atoms with Gasteiger partial charge in [0.2, 0.25) is 0 Å². The Labute approximate surface area is 297 Å². The zero-order chi connectivity index (χ0) is 37.6. The van der Waals surface area contributed by atoms with E-state index in [2.05, 4.69) is 21.3 Å². The Morgan fingerprint density at radius 1 is 0.462 bits per heavy atom. The molecule has 0 saturated carbocycles. The van der Waals surface area contributed by atoms with Crippen LogP contribution in [0, 0.1) is 0 Å². The van der Waals surface area contributed by atoms with E-state index in [0.29, 0.717) is 11.1 Å². The highest BCUT2D eigenvalue weighted by Crippen LogP contribution is 2.19.